The molecule has 4 atom stereocenters. The largest absolute Gasteiger partial charge is 0.494 e. The van der Waals surface area contributed by atoms with Crippen molar-refractivity contribution >= 4 is 35.2 Å². The molecule has 246 valence electrons. The van der Waals surface area contributed by atoms with E-state index >= 15 is 0 Å². The molecule has 12 heteroatoms. The summed E-state index contributed by atoms with van der Waals surface area (Å²) in [5.74, 6) is -0.717. The maximum absolute atomic E-state index is 14.2. The zero-order valence-electron chi connectivity index (χ0n) is 26.7. The number of amides is 3. The van der Waals surface area contributed by atoms with E-state index in [0.29, 0.717) is 13.2 Å². The van der Waals surface area contributed by atoms with Crippen molar-refractivity contribution in [2.24, 2.45) is 21.4 Å². The smallest absolute Gasteiger partial charge is 0.264 e. The van der Waals surface area contributed by atoms with E-state index in [2.05, 4.69) is 16.4 Å². The molecule has 0 radical (unpaired) electrons. The molecule has 1 saturated heterocycles. The van der Waals surface area contributed by atoms with E-state index in [0.717, 1.165) is 64.1 Å². The molecule has 0 spiro atoms. The Hall–Kier alpha value is -5.39. The van der Waals surface area contributed by atoms with Crippen molar-refractivity contribution in [2.75, 3.05) is 24.7 Å². The number of hydrogen-bond donors (Lipinski definition) is 0. The molecule has 0 aromatic heterocycles. The summed E-state index contributed by atoms with van der Waals surface area (Å²) in [6.07, 6.45) is 4.70. The van der Waals surface area contributed by atoms with Crippen LogP contribution in [-0.4, -0.2) is 65.3 Å². The third-order valence-electron chi connectivity index (χ3n) is 9.04. The molecule has 7 rings (SSSR count). The molecule has 4 aliphatic rings. The highest BCUT2D eigenvalue weighted by atomic mass is 19.1. The van der Waals surface area contributed by atoms with Gasteiger partial charge in [0.05, 0.1) is 30.7 Å². The van der Waals surface area contributed by atoms with Crippen molar-refractivity contribution in [3.63, 3.8) is 0 Å². The second-order valence-corrected chi connectivity index (χ2v) is 12.0. The van der Waals surface area contributed by atoms with Gasteiger partial charge in [-0.3, -0.25) is 19.4 Å². The van der Waals surface area contributed by atoms with Crippen LogP contribution in [0.1, 0.15) is 50.3 Å². The first kappa shape index (κ1) is 31.2. The number of anilines is 1. The summed E-state index contributed by atoms with van der Waals surface area (Å²) in [5.41, 5.74) is 3.94. The number of nitrogens with zero attached hydrogens (tertiary/aromatic N) is 6. The van der Waals surface area contributed by atoms with Gasteiger partial charge in [0.25, 0.3) is 17.7 Å². The summed E-state index contributed by atoms with van der Waals surface area (Å²) < 4.78 is 25.2. The van der Waals surface area contributed by atoms with Gasteiger partial charge in [-0.05, 0) is 98.4 Å². The van der Waals surface area contributed by atoms with Crippen LogP contribution in [0.4, 0.5) is 10.1 Å². The Morgan fingerprint density at radius 2 is 1.65 bits per heavy atom. The summed E-state index contributed by atoms with van der Waals surface area (Å²) in [6.45, 7) is 4.67. The number of ether oxygens (including phenoxy) is 2. The van der Waals surface area contributed by atoms with Crippen LogP contribution in [0, 0.1) is 11.7 Å². The predicted molar refractivity (Wildman–Crippen MR) is 176 cm³/mol. The lowest BCUT2D eigenvalue weighted by atomic mass is 9.77. The minimum absolute atomic E-state index is 0.0549. The van der Waals surface area contributed by atoms with Gasteiger partial charge in [-0.1, -0.05) is 35.6 Å². The maximum Gasteiger partial charge on any atom is 0.264 e. The third-order valence-corrected chi connectivity index (χ3v) is 9.04. The fourth-order valence-corrected chi connectivity index (χ4v) is 6.93. The summed E-state index contributed by atoms with van der Waals surface area (Å²) >= 11 is 0. The van der Waals surface area contributed by atoms with Crippen LogP contribution in [-0.2, 0) is 14.4 Å². The molecule has 3 amide bonds. The maximum atomic E-state index is 14.2. The topological polar surface area (TPSA) is 116 Å². The number of carbonyl (C=O) groups is 3. The Morgan fingerprint density at radius 1 is 0.938 bits per heavy atom. The molecule has 1 aliphatic carbocycles. The number of carbonyl (C=O) groups excluding carboxylic acids is 3. The number of imide groups is 1. The second kappa shape index (κ2) is 13.0. The SMILES string of the molecule is CCOc1ccc(/C=C2\CCC[C@H]3C2=NN(C(=O)CN2N=N[C@@H]4C(=O)N(c5cccc(F)c5)C(=O)[C@@H]42)[C@@H]3c2ccc(OCC)cc2)cc1. The lowest BCUT2D eigenvalue weighted by molar-refractivity contribution is -0.136. The van der Waals surface area contributed by atoms with Gasteiger partial charge >= 0.3 is 0 Å². The standard InChI is InChI=1S/C36H35FN6O5/c1-3-47-27-15-11-22(12-16-27)19-24-7-5-10-29-31(24)39-43(33(29)23-13-17-28(18-14-23)48-4-2)30(44)21-41-34-32(38-40-41)35(45)42(36(34)46)26-9-6-8-25(37)20-26/h6,8-9,11-20,29,32-34H,3-5,7,10,21H2,1-2H3/b24-19+/t29-,32-,33+,34+/m0/s1. The lowest BCUT2D eigenvalue weighted by Gasteiger charge is -2.30. The van der Waals surface area contributed by atoms with E-state index in [9.17, 15) is 18.8 Å². The van der Waals surface area contributed by atoms with Crippen LogP contribution >= 0.6 is 0 Å². The van der Waals surface area contributed by atoms with E-state index in [1.165, 1.54) is 28.2 Å². The number of rotatable bonds is 9. The van der Waals surface area contributed by atoms with Crippen molar-refractivity contribution in [3.05, 3.63) is 95.3 Å². The first-order valence-corrected chi connectivity index (χ1v) is 16.2. The molecule has 0 bridgehead atoms. The third kappa shape index (κ3) is 5.71. The number of halogens is 1. The molecule has 0 unspecified atom stereocenters. The first-order chi connectivity index (χ1) is 23.4. The quantitative estimate of drug-likeness (QED) is 0.273. The number of fused-ring (bicyclic) bond motifs is 2. The molecule has 11 nitrogen and oxygen atoms in total. The minimum Gasteiger partial charge on any atom is -0.494 e. The van der Waals surface area contributed by atoms with Gasteiger partial charge in [0.2, 0.25) is 0 Å². The fraction of sp³-hybridized carbons (Fsp3) is 0.333. The molecule has 3 aromatic carbocycles. The number of hydrazone groups is 1. The van der Waals surface area contributed by atoms with Crippen LogP contribution in [0.5, 0.6) is 11.5 Å². The highest BCUT2D eigenvalue weighted by Crippen LogP contribution is 2.45. The van der Waals surface area contributed by atoms with Crippen LogP contribution in [0.15, 0.2) is 93.8 Å². The van der Waals surface area contributed by atoms with Crippen molar-refractivity contribution < 1.29 is 28.2 Å². The van der Waals surface area contributed by atoms with Crippen molar-refractivity contribution in [1.82, 2.24) is 10.0 Å². The molecule has 48 heavy (non-hydrogen) atoms. The van der Waals surface area contributed by atoms with E-state index in [-0.39, 0.29) is 24.1 Å². The molecule has 0 N–H and O–H groups in total. The molecule has 3 heterocycles. The van der Waals surface area contributed by atoms with Crippen molar-refractivity contribution in [2.45, 2.75) is 51.2 Å². The number of hydrogen-bond acceptors (Lipinski definition) is 9. The lowest BCUT2D eigenvalue weighted by Crippen LogP contribution is -2.45. The fourth-order valence-electron chi connectivity index (χ4n) is 6.93. The molecule has 2 fully saturated rings. The predicted octanol–water partition coefficient (Wildman–Crippen LogP) is 5.74. The average molecular weight is 651 g/mol. The van der Waals surface area contributed by atoms with Gasteiger partial charge in [-0.15, -0.1) is 0 Å². The Labute approximate surface area is 277 Å². The monoisotopic (exact) mass is 650 g/mol. The highest BCUT2D eigenvalue weighted by Gasteiger charge is 2.55. The van der Waals surface area contributed by atoms with Crippen LogP contribution in [0.3, 0.4) is 0 Å². The molecule has 3 aliphatic heterocycles. The van der Waals surface area contributed by atoms with Gasteiger partial charge in [0, 0.05) is 5.92 Å². The van der Waals surface area contributed by atoms with Crippen molar-refractivity contribution in [1.29, 1.82) is 0 Å². The molecule has 3 aromatic rings. The van der Waals surface area contributed by atoms with Gasteiger partial charge in [0.15, 0.2) is 12.1 Å². The average Bonchev–Trinajstić information content (AvgIpc) is 3.75. The van der Waals surface area contributed by atoms with Crippen LogP contribution in [0.2, 0.25) is 0 Å². The summed E-state index contributed by atoms with van der Waals surface area (Å²) in [6, 6.07) is 18.2. The zero-order valence-corrected chi connectivity index (χ0v) is 26.7. The van der Waals surface area contributed by atoms with Gasteiger partial charge in [-0.2, -0.15) is 10.2 Å². The molecular formula is C36H35FN6O5. The van der Waals surface area contributed by atoms with E-state index in [1.807, 2.05) is 62.4 Å². The number of benzene rings is 3. The van der Waals surface area contributed by atoms with E-state index < -0.39 is 35.8 Å². The zero-order chi connectivity index (χ0) is 33.4. The van der Waals surface area contributed by atoms with E-state index in [1.54, 1.807) is 0 Å². The Kier molecular flexibility index (Phi) is 8.47. The summed E-state index contributed by atoms with van der Waals surface area (Å²) in [4.78, 5) is 41.8. The van der Waals surface area contributed by atoms with Gasteiger partial charge < -0.3 is 9.47 Å². The Balaban J connectivity index is 1.18. The Morgan fingerprint density at radius 3 is 2.33 bits per heavy atom. The summed E-state index contributed by atoms with van der Waals surface area (Å²) in [7, 11) is 0. The van der Waals surface area contributed by atoms with Crippen LogP contribution in [0.25, 0.3) is 6.08 Å². The van der Waals surface area contributed by atoms with Crippen molar-refractivity contribution in [3.8, 4) is 11.5 Å². The molecular weight excluding hydrogens is 615 g/mol. The second-order valence-electron chi connectivity index (χ2n) is 12.0. The van der Waals surface area contributed by atoms with E-state index in [4.69, 9.17) is 14.6 Å². The molecule has 1 saturated carbocycles. The number of allylic oxidation sites excluding steroid dienone is 1. The van der Waals surface area contributed by atoms with Gasteiger partial charge in [-0.25, -0.2) is 14.3 Å². The normalized spacial score (nSPS) is 23.9. The highest BCUT2D eigenvalue weighted by molar-refractivity contribution is 6.25. The Bertz CT molecular complexity index is 1820. The summed E-state index contributed by atoms with van der Waals surface area (Å²) in [5, 5.41) is 15.8. The van der Waals surface area contributed by atoms with Gasteiger partial charge in [0.1, 0.15) is 23.9 Å². The minimum atomic E-state index is -1.12. The first-order valence-electron chi connectivity index (χ1n) is 16.2. The van der Waals surface area contributed by atoms with Crippen LogP contribution < -0.4 is 14.4 Å².